The van der Waals surface area contributed by atoms with Crippen LogP contribution in [0, 0.1) is 0 Å². The minimum atomic E-state index is -0.351. The van der Waals surface area contributed by atoms with E-state index in [0.29, 0.717) is 33.6 Å². The second kappa shape index (κ2) is 11.0. The highest BCUT2D eigenvalue weighted by atomic mass is 79.9. The summed E-state index contributed by atoms with van der Waals surface area (Å²) < 4.78 is 13.2. The van der Waals surface area contributed by atoms with Crippen LogP contribution in [0.5, 0.6) is 11.5 Å². The molecule has 1 saturated heterocycles. The van der Waals surface area contributed by atoms with Gasteiger partial charge in [0.15, 0.2) is 11.5 Å². The molecule has 0 bridgehead atoms. The summed E-state index contributed by atoms with van der Waals surface area (Å²) in [5, 5.41) is 0.0228. The number of rotatable bonds is 7. The largest absolute Gasteiger partial charge is 0.493 e. The molecular formula is C25H18Br2ClNO4S. The molecular weight excluding hydrogens is 606 g/mol. The fraction of sp³-hybridized carbons (Fsp3) is 0.120. The molecule has 9 heteroatoms. The van der Waals surface area contributed by atoms with E-state index in [1.54, 1.807) is 18.2 Å². The molecule has 0 saturated carbocycles. The fourth-order valence-electron chi connectivity index (χ4n) is 3.28. The highest BCUT2D eigenvalue weighted by Crippen LogP contribution is 2.39. The molecule has 0 spiro atoms. The quantitative estimate of drug-likeness (QED) is 0.253. The van der Waals surface area contributed by atoms with Gasteiger partial charge in [0.25, 0.3) is 11.1 Å². The first-order chi connectivity index (χ1) is 16.4. The highest BCUT2D eigenvalue weighted by Gasteiger charge is 2.35. The van der Waals surface area contributed by atoms with Crippen LogP contribution in [0.4, 0.5) is 4.79 Å². The third-order valence-electron chi connectivity index (χ3n) is 5.01. The standard InChI is InChI=1S/C25H18Br2ClNO4S/c1-32-21-11-16(10-20(28)23(21)33-14-15-6-8-18(26)9-7-15)12-22-24(30)29(25(31)34-22)13-17-4-2-3-5-19(17)27/h2-12H,13-14H2,1H3/b22-12-. The predicted molar refractivity (Wildman–Crippen MR) is 142 cm³/mol. The van der Waals surface area contributed by atoms with E-state index < -0.39 is 0 Å². The van der Waals surface area contributed by atoms with Gasteiger partial charge in [-0.25, -0.2) is 0 Å². The molecule has 0 aliphatic carbocycles. The number of carbonyl (C=O) groups is 2. The van der Waals surface area contributed by atoms with E-state index in [1.165, 1.54) is 12.0 Å². The fourth-order valence-corrected chi connectivity index (χ4v) is 5.07. The molecule has 3 aromatic carbocycles. The summed E-state index contributed by atoms with van der Waals surface area (Å²) in [7, 11) is 1.52. The molecule has 34 heavy (non-hydrogen) atoms. The lowest BCUT2D eigenvalue weighted by Gasteiger charge is -2.14. The van der Waals surface area contributed by atoms with Gasteiger partial charge in [-0.1, -0.05) is 73.8 Å². The van der Waals surface area contributed by atoms with E-state index in [9.17, 15) is 9.59 Å². The zero-order valence-corrected chi connectivity index (χ0v) is 22.6. The van der Waals surface area contributed by atoms with E-state index in [-0.39, 0.29) is 17.7 Å². The summed E-state index contributed by atoms with van der Waals surface area (Å²) in [5.74, 6) is 0.492. The number of methoxy groups -OCH3 is 1. The van der Waals surface area contributed by atoms with Gasteiger partial charge in [-0.05, 0) is 64.9 Å². The monoisotopic (exact) mass is 621 g/mol. The topological polar surface area (TPSA) is 55.8 Å². The molecule has 2 amide bonds. The van der Waals surface area contributed by atoms with E-state index in [1.807, 2.05) is 48.5 Å². The van der Waals surface area contributed by atoms with Gasteiger partial charge in [-0.3, -0.25) is 14.5 Å². The maximum atomic E-state index is 12.9. The molecule has 1 aliphatic rings. The average Bonchev–Trinajstić information content (AvgIpc) is 3.07. The van der Waals surface area contributed by atoms with Crippen molar-refractivity contribution in [2.75, 3.05) is 7.11 Å². The third kappa shape index (κ3) is 5.68. The van der Waals surface area contributed by atoms with Gasteiger partial charge in [-0.2, -0.15) is 0 Å². The summed E-state index contributed by atoms with van der Waals surface area (Å²) in [6.07, 6.45) is 1.64. The molecule has 3 aromatic rings. The van der Waals surface area contributed by atoms with Crippen molar-refractivity contribution in [1.82, 2.24) is 4.90 Å². The summed E-state index contributed by atoms with van der Waals surface area (Å²) in [5.41, 5.74) is 2.45. The molecule has 0 atom stereocenters. The first-order valence-corrected chi connectivity index (χ1v) is 12.9. The Hall–Kier alpha value is -2.26. The summed E-state index contributed by atoms with van der Waals surface area (Å²) in [6.45, 7) is 0.507. The van der Waals surface area contributed by atoms with Gasteiger partial charge < -0.3 is 9.47 Å². The molecule has 4 rings (SSSR count). The SMILES string of the molecule is COc1cc(/C=C2\SC(=O)N(Cc3ccccc3Br)C2=O)cc(Cl)c1OCc1ccc(Br)cc1. The second-order valence-corrected chi connectivity index (χ2v) is 10.5. The Morgan fingerprint density at radius 3 is 2.50 bits per heavy atom. The van der Waals surface area contributed by atoms with Gasteiger partial charge in [0, 0.05) is 8.95 Å². The Morgan fingerprint density at radius 2 is 1.79 bits per heavy atom. The molecule has 1 fully saturated rings. The number of imide groups is 1. The Morgan fingerprint density at radius 1 is 1.06 bits per heavy atom. The Balaban J connectivity index is 1.53. The van der Waals surface area contributed by atoms with Crippen molar-refractivity contribution in [3.63, 3.8) is 0 Å². The van der Waals surface area contributed by atoms with Crippen LogP contribution < -0.4 is 9.47 Å². The molecule has 1 heterocycles. The van der Waals surface area contributed by atoms with Crippen LogP contribution in [0.1, 0.15) is 16.7 Å². The number of amides is 2. The van der Waals surface area contributed by atoms with Crippen LogP contribution in [-0.4, -0.2) is 23.2 Å². The van der Waals surface area contributed by atoms with Crippen LogP contribution in [-0.2, 0) is 17.9 Å². The lowest BCUT2D eigenvalue weighted by molar-refractivity contribution is -0.123. The Bertz CT molecular complexity index is 1280. The molecule has 1 aliphatic heterocycles. The first-order valence-electron chi connectivity index (χ1n) is 10.1. The average molecular weight is 624 g/mol. The van der Waals surface area contributed by atoms with Crippen LogP contribution in [0.25, 0.3) is 6.08 Å². The predicted octanol–water partition coefficient (Wildman–Crippen LogP) is 7.69. The Labute approximate surface area is 223 Å². The number of ether oxygens (including phenoxy) is 2. The molecule has 0 aromatic heterocycles. The van der Waals surface area contributed by atoms with Crippen molar-refractivity contribution in [3.8, 4) is 11.5 Å². The van der Waals surface area contributed by atoms with Crippen molar-refractivity contribution in [1.29, 1.82) is 0 Å². The number of hydrogen-bond donors (Lipinski definition) is 0. The maximum Gasteiger partial charge on any atom is 0.293 e. The highest BCUT2D eigenvalue weighted by molar-refractivity contribution is 9.10. The lowest BCUT2D eigenvalue weighted by Crippen LogP contribution is -2.27. The van der Waals surface area contributed by atoms with Crippen molar-refractivity contribution in [3.05, 3.63) is 96.2 Å². The normalized spacial score (nSPS) is 14.7. The van der Waals surface area contributed by atoms with Gasteiger partial charge in [0.05, 0.1) is 23.6 Å². The van der Waals surface area contributed by atoms with Crippen LogP contribution >= 0.6 is 55.2 Å². The van der Waals surface area contributed by atoms with Crippen LogP contribution in [0.3, 0.4) is 0 Å². The molecule has 0 N–H and O–H groups in total. The van der Waals surface area contributed by atoms with Gasteiger partial charge >= 0.3 is 0 Å². The maximum absolute atomic E-state index is 12.9. The van der Waals surface area contributed by atoms with E-state index >= 15 is 0 Å². The number of halogens is 3. The number of thioether (sulfide) groups is 1. The number of benzene rings is 3. The van der Waals surface area contributed by atoms with Crippen LogP contribution in [0.15, 0.2) is 74.5 Å². The van der Waals surface area contributed by atoms with Crippen molar-refractivity contribution in [2.45, 2.75) is 13.2 Å². The summed E-state index contributed by atoms with van der Waals surface area (Å²) in [6, 6.07) is 18.7. The number of carbonyl (C=O) groups excluding carboxylic acids is 2. The minimum Gasteiger partial charge on any atom is -0.493 e. The lowest BCUT2D eigenvalue weighted by atomic mass is 10.1. The third-order valence-corrected chi connectivity index (χ3v) is 7.50. The van der Waals surface area contributed by atoms with Gasteiger partial charge in [0.2, 0.25) is 0 Å². The smallest absolute Gasteiger partial charge is 0.293 e. The van der Waals surface area contributed by atoms with Gasteiger partial charge in [-0.15, -0.1) is 0 Å². The molecule has 5 nitrogen and oxygen atoms in total. The van der Waals surface area contributed by atoms with Crippen molar-refractivity contribution < 1.29 is 19.1 Å². The Kier molecular flexibility index (Phi) is 8.03. The zero-order chi connectivity index (χ0) is 24.2. The van der Waals surface area contributed by atoms with Gasteiger partial charge in [0.1, 0.15) is 6.61 Å². The first kappa shape index (κ1) is 24.9. The molecule has 0 radical (unpaired) electrons. The van der Waals surface area contributed by atoms with E-state index in [0.717, 1.165) is 31.8 Å². The molecule has 174 valence electrons. The summed E-state index contributed by atoms with van der Waals surface area (Å²) in [4.78, 5) is 27.0. The zero-order valence-electron chi connectivity index (χ0n) is 17.9. The van der Waals surface area contributed by atoms with Crippen molar-refractivity contribution in [2.24, 2.45) is 0 Å². The molecule has 0 unspecified atom stereocenters. The van der Waals surface area contributed by atoms with Crippen molar-refractivity contribution >= 4 is 72.4 Å². The second-order valence-electron chi connectivity index (χ2n) is 7.31. The van der Waals surface area contributed by atoms with E-state index in [4.69, 9.17) is 21.1 Å². The summed E-state index contributed by atoms with van der Waals surface area (Å²) >= 11 is 14.3. The van der Waals surface area contributed by atoms with E-state index in [2.05, 4.69) is 31.9 Å². The number of nitrogens with zero attached hydrogens (tertiary/aromatic N) is 1. The number of hydrogen-bond acceptors (Lipinski definition) is 5. The van der Waals surface area contributed by atoms with Crippen LogP contribution in [0.2, 0.25) is 5.02 Å². The minimum absolute atomic E-state index is 0.191.